The van der Waals surface area contributed by atoms with Crippen molar-refractivity contribution >= 4 is 15.9 Å². The zero-order valence-corrected chi connectivity index (χ0v) is 10.9. The van der Waals surface area contributed by atoms with E-state index < -0.39 is 5.41 Å². The lowest BCUT2D eigenvalue weighted by Crippen LogP contribution is -2.18. The van der Waals surface area contributed by atoms with Gasteiger partial charge >= 0.3 is 0 Å². The highest BCUT2D eigenvalue weighted by Gasteiger charge is 2.26. The van der Waals surface area contributed by atoms with Crippen LogP contribution in [0.25, 0.3) is 0 Å². The molecule has 3 heteroatoms. The van der Waals surface area contributed by atoms with Crippen molar-refractivity contribution in [2.24, 2.45) is 0 Å². The average molecular weight is 270 g/mol. The van der Waals surface area contributed by atoms with Crippen LogP contribution < -0.4 is 0 Å². The molecule has 1 aromatic rings. The van der Waals surface area contributed by atoms with Crippen LogP contribution >= 0.6 is 15.9 Å². The number of benzene rings is 1. The molecule has 0 unspecified atom stereocenters. The fourth-order valence-corrected chi connectivity index (χ4v) is 2.24. The zero-order valence-electron chi connectivity index (χ0n) is 9.28. The molecule has 0 aromatic heterocycles. The predicted molar refractivity (Wildman–Crippen MR) is 62.2 cm³/mol. The quantitative estimate of drug-likeness (QED) is 0.756. The lowest BCUT2D eigenvalue weighted by Gasteiger charge is -2.22. The number of halogens is 2. The fourth-order valence-electron chi connectivity index (χ4n) is 1.84. The summed E-state index contributed by atoms with van der Waals surface area (Å²) in [5, 5.41) is 9.09. The molecular formula is C12H13BrFN. The van der Waals surface area contributed by atoms with Gasteiger partial charge in [0.05, 0.1) is 11.5 Å². The van der Waals surface area contributed by atoms with Crippen LogP contribution in [0.5, 0.6) is 0 Å². The van der Waals surface area contributed by atoms with Gasteiger partial charge < -0.3 is 0 Å². The van der Waals surface area contributed by atoms with E-state index in [-0.39, 0.29) is 5.82 Å². The second-order valence-corrected chi connectivity index (χ2v) is 5.06. The summed E-state index contributed by atoms with van der Waals surface area (Å²) in [4.78, 5) is 0. The van der Waals surface area contributed by atoms with E-state index in [1.54, 1.807) is 20.8 Å². The first-order chi connectivity index (χ1) is 6.81. The predicted octanol–water partition coefficient (Wildman–Crippen LogP) is 4.01. The van der Waals surface area contributed by atoms with Crippen LogP contribution in [0.2, 0.25) is 0 Å². The Kier molecular flexibility index (Phi) is 3.20. The second kappa shape index (κ2) is 3.94. The van der Waals surface area contributed by atoms with Gasteiger partial charge in [0.25, 0.3) is 0 Å². The molecule has 0 bridgehead atoms. The van der Waals surface area contributed by atoms with E-state index in [9.17, 15) is 4.39 Å². The minimum Gasteiger partial charge on any atom is -0.207 e. The van der Waals surface area contributed by atoms with Crippen molar-refractivity contribution in [1.29, 1.82) is 5.26 Å². The van der Waals surface area contributed by atoms with Crippen LogP contribution in [0.1, 0.15) is 30.5 Å². The molecule has 1 aromatic carbocycles. The average Bonchev–Trinajstić information content (AvgIpc) is 2.15. The molecule has 0 heterocycles. The van der Waals surface area contributed by atoms with E-state index in [1.807, 2.05) is 6.92 Å². The maximum Gasteiger partial charge on any atom is 0.127 e. The van der Waals surface area contributed by atoms with Gasteiger partial charge in [-0.25, -0.2) is 4.39 Å². The molecule has 0 saturated heterocycles. The smallest absolute Gasteiger partial charge is 0.127 e. The van der Waals surface area contributed by atoms with Gasteiger partial charge in [-0.05, 0) is 50.5 Å². The number of rotatable bonds is 1. The normalized spacial score (nSPS) is 11.3. The summed E-state index contributed by atoms with van der Waals surface area (Å²) >= 11 is 3.30. The molecule has 0 radical (unpaired) electrons. The first-order valence-electron chi connectivity index (χ1n) is 4.68. The van der Waals surface area contributed by atoms with Crippen LogP contribution in [0.15, 0.2) is 10.5 Å². The third-order valence-electron chi connectivity index (χ3n) is 2.62. The topological polar surface area (TPSA) is 23.8 Å². The van der Waals surface area contributed by atoms with Gasteiger partial charge in [0.15, 0.2) is 0 Å². The number of hydrogen-bond donors (Lipinski definition) is 0. The van der Waals surface area contributed by atoms with Crippen molar-refractivity contribution in [1.82, 2.24) is 0 Å². The van der Waals surface area contributed by atoms with E-state index in [0.717, 1.165) is 11.1 Å². The highest BCUT2D eigenvalue weighted by atomic mass is 79.9. The monoisotopic (exact) mass is 269 g/mol. The number of hydrogen-bond acceptors (Lipinski definition) is 1. The van der Waals surface area contributed by atoms with E-state index >= 15 is 0 Å². The summed E-state index contributed by atoms with van der Waals surface area (Å²) in [5.74, 6) is -0.272. The van der Waals surface area contributed by atoms with E-state index in [2.05, 4.69) is 22.0 Å². The van der Waals surface area contributed by atoms with Crippen LogP contribution in [0.4, 0.5) is 4.39 Å². The minimum absolute atomic E-state index is 0.272. The van der Waals surface area contributed by atoms with Gasteiger partial charge in [-0.2, -0.15) is 5.26 Å². The molecule has 0 amide bonds. The lowest BCUT2D eigenvalue weighted by atomic mass is 9.80. The van der Waals surface area contributed by atoms with Gasteiger partial charge in [0.1, 0.15) is 5.82 Å². The zero-order chi connectivity index (χ0) is 11.8. The van der Waals surface area contributed by atoms with E-state index in [0.29, 0.717) is 10.0 Å². The highest BCUT2D eigenvalue weighted by Crippen LogP contribution is 2.34. The Morgan fingerprint density at radius 3 is 2.33 bits per heavy atom. The Morgan fingerprint density at radius 2 is 1.87 bits per heavy atom. The van der Waals surface area contributed by atoms with Crippen LogP contribution in [0, 0.1) is 31.0 Å². The van der Waals surface area contributed by atoms with Crippen LogP contribution in [-0.2, 0) is 5.41 Å². The van der Waals surface area contributed by atoms with Crippen molar-refractivity contribution in [3.05, 3.63) is 33.0 Å². The van der Waals surface area contributed by atoms with Crippen LogP contribution in [-0.4, -0.2) is 0 Å². The molecule has 0 fully saturated rings. The molecular weight excluding hydrogens is 257 g/mol. The summed E-state index contributed by atoms with van der Waals surface area (Å²) in [5.41, 5.74) is 1.60. The molecule has 0 aliphatic carbocycles. The minimum atomic E-state index is -0.668. The molecule has 0 N–H and O–H groups in total. The third-order valence-corrected chi connectivity index (χ3v) is 3.45. The number of nitriles is 1. The van der Waals surface area contributed by atoms with E-state index in [4.69, 9.17) is 5.26 Å². The maximum atomic E-state index is 13.5. The summed E-state index contributed by atoms with van der Waals surface area (Å²) in [7, 11) is 0. The fraction of sp³-hybridized carbons (Fsp3) is 0.417. The van der Waals surface area contributed by atoms with Gasteiger partial charge in [0, 0.05) is 4.47 Å². The Hall–Kier alpha value is -0.880. The highest BCUT2D eigenvalue weighted by molar-refractivity contribution is 9.10. The summed E-state index contributed by atoms with van der Waals surface area (Å²) in [6.07, 6.45) is 0. The second-order valence-electron chi connectivity index (χ2n) is 4.20. The molecule has 0 spiro atoms. The molecule has 1 rings (SSSR count). The standard InChI is InChI=1S/C12H13BrFN/c1-7-9(13)5-10(14)8(2)11(7)12(3,4)6-15/h5H,1-4H3. The summed E-state index contributed by atoms with van der Waals surface area (Å²) in [6, 6.07) is 3.65. The largest absolute Gasteiger partial charge is 0.207 e. The van der Waals surface area contributed by atoms with Crippen LogP contribution in [0.3, 0.4) is 0 Å². The summed E-state index contributed by atoms with van der Waals surface area (Å²) in [6.45, 7) is 7.20. The Balaban J connectivity index is 3.62. The molecule has 1 nitrogen and oxygen atoms in total. The molecule has 0 saturated carbocycles. The van der Waals surface area contributed by atoms with Crippen molar-refractivity contribution in [3.8, 4) is 6.07 Å². The Labute approximate surface area is 98.0 Å². The van der Waals surface area contributed by atoms with E-state index in [1.165, 1.54) is 6.07 Å². The molecule has 0 aliphatic rings. The molecule has 80 valence electrons. The van der Waals surface area contributed by atoms with Gasteiger partial charge in [-0.1, -0.05) is 15.9 Å². The van der Waals surface area contributed by atoms with Gasteiger partial charge in [0.2, 0.25) is 0 Å². The maximum absolute atomic E-state index is 13.5. The van der Waals surface area contributed by atoms with Crippen molar-refractivity contribution in [3.63, 3.8) is 0 Å². The van der Waals surface area contributed by atoms with Gasteiger partial charge in [-0.15, -0.1) is 0 Å². The van der Waals surface area contributed by atoms with Crippen molar-refractivity contribution in [2.45, 2.75) is 33.1 Å². The lowest BCUT2D eigenvalue weighted by molar-refractivity contribution is 0.596. The molecule has 0 atom stereocenters. The Bertz CT molecular complexity index is 418. The SMILES string of the molecule is Cc1c(F)cc(Br)c(C)c1C(C)(C)C#N. The molecule has 15 heavy (non-hydrogen) atoms. The summed E-state index contributed by atoms with van der Waals surface area (Å²) < 4.78 is 14.3. The third kappa shape index (κ3) is 2.05. The van der Waals surface area contributed by atoms with Crippen molar-refractivity contribution < 1.29 is 4.39 Å². The van der Waals surface area contributed by atoms with Crippen molar-refractivity contribution in [2.75, 3.05) is 0 Å². The molecule has 0 aliphatic heterocycles. The Morgan fingerprint density at radius 1 is 1.33 bits per heavy atom. The first-order valence-corrected chi connectivity index (χ1v) is 5.47. The number of nitrogens with zero attached hydrogens (tertiary/aromatic N) is 1. The first kappa shape index (κ1) is 12.2. The van der Waals surface area contributed by atoms with Gasteiger partial charge in [-0.3, -0.25) is 0 Å².